The van der Waals surface area contributed by atoms with E-state index in [4.69, 9.17) is 8.83 Å². The van der Waals surface area contributed by atoms with Crippen molar-refractivity contribution in [3.63, 3.8) is 0 Å². The fraction of sp³-hybridized carbons (Fsp3) is 0.0769. The van der Waals surface area contributed by atoms with E-state index in [1.165, 1.54) is 6.08 Å². The van der Waals surface area contributed by atoms with Crippen molar-refractivity contribution < 1.29 is 13.6 Å². The van der Waals surface area contributed by atoms with Crippen molar-refractivity contribution in [1.29, 1.82) is 0 Å². The second kappa shape index (κ2) is 5.01. The van der Waals surface area contributed by atoms with E-state index in [0.29, 0.717) is 11.5 Å². The van der Waals surface area contributed by atoms with Crippen molar-refractivity contribution in [1.82, 2.24) is 0 Å². The van der Waals surface area contributed by atoms with Gasteiger partial charge in [-0.25, -0.2) is 0 Å². The standard InChI is InChI=1S/C13H10O3/c14-11(10-13-7-3-9-16-13)4-1-5-12-6-2-8-15-12/h2-9H,10H2. The zero-order valence-electron chi connectivity index (χ0n) is 8.55. The van der Waals surface area contributed by atoms with Gasteiger partial charge in [0.1, 0.15) is 11.5 Å². The van der Waals surface area contributed by atoms with Crippen LogP contribution in [0.4, 0.5) is 0 Å². The minimum Gasteiger partial charge on any atom is -0.469 e. The maximum atomic E-state index is 11.4. The second-order valence-corrected chi connectivity index (χ2v) is 3.19. The highest BCUT2D eigenvalue weighted by molar-refractivity contribution is 5.91. The van der Waals surface area contributed by atoms with Gasteiger partial charge in [0, 0.05) is 12.2 Å². The van der Waals surface area contributed by atoms with Gasteiger partial charge in [-0.05, 0) is 24.3 Å². The molecule has 0 aliphatic carbocycles. The SMILES string of the molecule is O=C(C=C=Cc1ccco1)Cc1ccco1. The highest BCUT2D eigenvalue weighted by Gasteiger charge is 2.00. The fourth-order valence-corrected chi connectivity index (χ4v) is 1.23. The number of rotatable bonds is 4. The predicted molar refractivity (Wildman–Crippen MR) is 58.7 cm³/mol. The summed E-state index contributed by atoms with van der Waals surface area (Å²) in [6.07, 6.45) is 6.36. The van der Waals surface area contributed by atoms with Gasteiger partial charge in [-0.2, -0.15) is 0 Å². The minimum absolute atomic E-state index is 0.0576. The van der Waals surface area contributed by atoms with Gasteiger partial charge < -0.3 is 8.83 Å². The Hall–Kier alpha value is -2.25. The van der Waals surface area contributed by atoms with Gasteiger partial charge in [-0.1, -0.05) is 0 Å². The summed E-state index contributed by atoms with van der Waals surface area (Å²) in [7, 11) is 0. The number of carbonyl (C=O) groups is 1. The topological polar surface area (TPSA) is 43.4 Å². The first kappa shape index (κ1) is 10.3. The molecule has 0 aliphatic heterocycles. The Bertz CT molecular complexity index is 497. The van der Waals surface area contributed by atoms with Crippen LogP contribution in [0, 0.1) is 0 Å². The highest BCUT2D eigenvalue weighted by Crippen LogP contribution is 2.03. The first-order valence-corrected chi connectivity index (χ1v) is 4.86. The molecule has 0 amide bonds. The van der Waals surface area contributed by atoms with E-state index < -0.39 is 0 Å². The van der Waals surface area contributed by atoms with Crippen LogP contribution >= 0.6 is 0 Å². The molecule has 3 heteroatoms. The van der Waals surface area contributed by atoms with Gasteiger partial charge in [0.25, 0.3) is 0 Å². The molecule has 2 rings (SSSR count). The molecule has 0 atom stereocenters. The summed E-state index contributed by atoms with van der Waals surface area (Å²) in [4.78, 5) is 11.4. The maximum Gasteiger partial charge on any atom is 0.170 e. The van der Waals surface area contributed by atoms with E-state index in [-0.39, 0.29) is 12.2 Å². The molecule has 0 saturated heterocycles. The molecule has 16 heavy (non-hydrogen) atoms. The number of hydrogen-bond acceptors (Lipinski definition) is 3. The van der Waals surface area contributed by atoms with Crippen LogP contribution in [0.25, 0.3) is 6.08 Å². The lowest BCUT2D eigenvalue weighted by Gasteiger charge is -1.88. The van der Waals surface area contributed by atoms with Gasteiger partial charge in [-0.3, -0.25) is 4.79 Å². The zero-order valence-corrected chi connectivity index (χ0v) is 8.55. The van der Waals surface area contributed by atoms with E-state index in [0.717, 1.165) is 0 Å². The number of hydrogen-bond donors (Lipinski definition) is 0. The summed E-state index contributed by atoms with van der Waals surface area (Å²) in [6, 6.07) is 7.09. The lowest BCUT2D eigenvalue weighted by atomic mass is 10.2. The summed E-state index contributed by atoms with van der Waals surface area (Å²) in [5.41, 5.74) is 2.77. The van der Waals surface area contributed by atoms with Crippen molar-refractivity contribution in [2.24, 2.45) is 0 Å². The summed E-state index contributed by atoms with van der Waals surface area (Å²) in [6.45, 7) is 0. The van der Waals surface area contributed by atoms with Gasteiger partial charge in [0.15, 0.2) is 5.78 Å². The molecule has 3 nitrogen and oxygen atoms in total. The van der Waals surface area contributed by atoms with Crippen LogP contribution in [0.2, 0.25) is 0 Å². The van der Waals surface area contributed by atoms with Gasteiger partial charge in [0.05, 0.1) is 18.9 Å². The Morgan fingerprint density at radius 1 is 1.25 bits per heavy atom. The van der Waals surface area contributed by atoms with Gasteiger partial charge in [0.2, 0.25) is 0 Å². The molecule has 0 spiro atoms. The number of allylic oxidation sites excluding steroid dienone is 1. The number of carbonyl (C=O) groups excluding carboxylic acids is 1. The third-order valence-corrected chi connectivity index (χ3v) is 1.94. The van der Waals surface area contributed by atoms with Crippen LogP contribution in [0.15, 0.2) is 57.4 Å². The number of furan rings is 2. The quantitative estimate of drug-likeness (QED) is 0.580. The Labute approximate surface area is 92.7 Å². The van der Waals surface area contributed by atoms with Crippen LogP contribution in [-0.2, 0) is 11.2 Å². The van der Waals surface area contributed by atoms with E-state index >= 15 is 0 Å². The van der Waals surface area contributed by atoms with E-state index in [9.17, 15) is 4.79 Å². The Kier molecular flexibility index (Phi) is 3.22. The molecule has 0 unspecified atom stereocenters. The molecular formula is C13H10O3. The smallest absolute Gasteiger partial charge is 0.170 e. The molecule has 0 fully saturated rings. The van der Waals surface area contributed by atoms with Crippen LogP contribution in [0.1, 0.15) is 11.5 Å². The minimum atomic E-state index is -0.0576. The average molecular weight is 214 g/mol. The van der Waals surface area contributed by atoms with E-state index in [1.807, 2.05) is 0 Å². The molecule has 0 aliphatic rings. The summed E-state index contributed by atoms with van der Waals surface area (Å²) >= 11 is 0. The first-order chi connectivity index (χ1) is 7.84. The van der Waals surface area contributed by atoms with Crippen molar-refractivity contribution in [3.05, 3.63) is 60.1 Å². The summed E-state index contributed by atoms with van der Waals surface area (Å²) < 4.78 is 10.1. The normalized spacial score (nSPS) is 9.50. The maximum absolute atomic E-state index is 11.4. The van der Waals surface area contributed by atoms with Crippen LogP contribution in [-0.4, -0.2) is 5.78 Å². The first-order valence-electron chi connectivity index (χ1n) is 4.86. The lowest BCUT2D eigenvalue weighted by molar-refractivity contribution is -0.114. The summed E-state index contributed by atoms with van der Waals surface area (Å²) in [5.74, 6) is 1.26. The average Bonchev–Trinajstić information content (AvgIpc) is 2.90. The van der Waals surface area contributed by atoms with Crippen molar-refractivity contribution in [2.45, 2.75) is 6.42 Å². The van der Waals surface area contributed by atoms with Crippen LogP contribution in [0.3, 0.4) is 0 Å². The van der Waals surface area contributed by atoms with Crippen molar-refractivity contribution in [3.8, 4) is 0 Å². The highest BCUT2D eigenvalue weighted by atomic mass is 16.3. The Morgan fingerprint density at radius 2 is 2.06 bits per heavy atom. The number of ketones is 1. The fourth-order valence-electron chi connectivity index (χ4n) is 1.23. The third kappa shape index (κ3) is 2.87. The molecule has 0 radical (unpaired) electrons. The van der Waals surface area contributed by atoms with Gasteiger partial charge in [-0.15, -0.1) is 5.73 Å². The monoisotopic (exact) mass is 214 g/mol. The van der Waals surface area contributed by atoms with E-state index in [1.54, 1.807) is 42.9 Å². The molecule has 2 aromatic heterocycles. The summed E-state index contributed by atoms with van der Waals surface area (Å²) in [5, 5.41) is 0. The predicted octanol–water partition coefficient (Wildman–Crippen LogP) is 2.85. The molecule has 0 bridgehead atoms. The Morgan fingerprint density at radius 3 is 2.75 bits per heavy atom. The van der Waals surface area contributed by atoms with Crippen LogP contribution in [0.5, 0.6) is 0 Å². The van der Waals surface area contributed by atoms with Crippen molar-refractivity contribution in [2.75, 3.05) is 0 Å². The zero-order chi connectivity index (χ0) is 11.2. The van der Waals surface area contributed by atoms with Crippen molar-refractivity contribution >= 4 is 11.9 Å². The Balaban J connectivity index is 1.95. The molecular weight excluding hydrogens is 204 g/mol. The third-order valence-electron chi connectivity index (χ3n) is 1.94. The van der Waals surface area contributed by atoms with Gasteiger partial charge >= 0.3 is 0 Å². The molecule has 2 heterocycles. The van der Waals surface area contributed by atoms with E-state index in [2.05, 4.69) is 5.73 Å². The largest absolute Gasteiger partial charge is 0.469 e. The van der Waals surface area contributed by atoms with Crippen LogP contribution < -0.4 is 0 Å². The molecule has 0 saturated carbocycles. The molecule has 2 aromatic rings. The molecule has 0 N–H and O–H groups in total. The second-order valence-electron chi connectivity index (χ2n) is 3.19. The lowest BCUT2D eigenvalue weighted by Crippen LogP contribution is -1.95. The molecule has 0 aromatic carbocycles. The molecule has 80 valence electrons.